The Labute approximate surface area is 248 Å². The van der Waals surface area contributed by atoms with Gasteiger partial charge in [0.05, 0.1) is 16.8 Å². The van der Waals surface area contributed by atoms with Gasteiger partial charge in [-0.2, -0.15) is 10.2 Å². The van der Waals surface area contributed by atoms with Crippen LogP contribution in [0.5, 0.6) is 5.75 Å². The number of carbonyl (C=O) groups excluding carboxylic acids is 4. The van der Waals surface area contributed by atoms with Crippen LogP contribution in [-0.4, -0.2) is 46.6 Å². The molecule has 0 spiro atoms. The van der Waals surface area contributed by atoms with Gasteiger partial charge in [0, 0.05) is 35.3 Å². The molecule has 2 aliphatic heterocycles. The molecule has 0 bridgehead atoms. The Morgan fingerprint density at radius 3 is 2.40 bits per heavy atom. The maximum absolute atomic E-state index is 13.0. The van der Waals surface area contributed by atoms with Gasteiger partial charge in [0.2, 0.25) is 11.8 Å². The molecule has 3 aromatic rings. The maximum atomic E-state index is 13.0. The molecule has 2 N–H and O–H groups in total. The number of hydrogen-bond acceptors (Lipinski definition) is 7. The third kappa shape index (κ3) is 6.66. The van der Waals surface area contributed by atoms with Gasteiger partial charge in [0.15, 0.2) is 0 Å². The summed E-state index contributed by atoms with van der Waals surface area (Å²) in [5.41, 5.74) is 3.17. The van der Waals surface area contributed by atoms with Crippen LogP contribution in [0.1, 0.15) is 58.9 Å². The van der Waals surface area contributed by atoms with Crippen molar-refractivity contribution >= 4 is 52.3 Å². The highest BCUT2D eigenvalue weighted by Gasteiger charge is 2.40. The summed E-state index contributed by atoms with van der Waals surface area (Å²) in [5.74, 6) is -0.771. The Balaban J connectivity index is 1.19. The number of hydrogen-bond donors (Lipinski definition) is 2. The monoisotopic (exact) mass is 587 g/mol. The number of halogens is 1. The van der Waals surface area contributed by atoms with Gasteiger partial charge in [-0.1, -0.05) is 19.4 Å². The van der Waals surface area contributed by atoms with Crippen molar-refractivity contribution in [3.63, 3.8) is 0 Å². The number of fused-ring (bicyclic) bond motifs is 1. The van der Waals surface area contributed by atoms with E-state index in [1.54, 1.807) is 54.6 Å². The topological polar surface area (TPSA) is 130 Å². The number of carbonyl (C=O) groups is 4. The molecule has 0 aliphatic carbocycles. The van der Waals surface area contributed by atoms with Crippen LogP contribution in [0.2, 0.25) is 0 Å². The van der Waals surface area contributed by atoms with E-state index in [0.29, 0.717) is 46.1 Å². The lowest BCUT2D eigenvalue weighted by Crippen LogP contribution is -2.52. The van der Waals surface area contributed by atoms with Gasteiger partial charge in [-0.25, -0.2) is 0 Å². The number of azo groups is 1. The van der Waals surface area contributed by atoms with Crippen molar-refractivity contribution in [2.75, 3.05) is 11.9 Å². The third-order valence-electron chi connectivity index (χ3n) is 7.11. The molecule has 4 amide bonds. The zero-order valence-electron chi connectivity index (χ0n) is 23.0. The number of amides is 4. The van der Waals surface area contributed by atoms with E-state index in [4.69, 9.17) is 16.3 Å². The fourth-order valence-corrected chi connectivity index (χ4v) is 5.17. The maximum Gasteiger partial charge on any atom is 0.255 e. The van der Waals surface area contributed by atoms with Gasteiger partial charge >= 0.3 is 0 Å². The highest BCUT2D eigenvalue weighted by Crippen LogP contribution is 2.32. The standard InChI is InChI=1S/C31H30ClN5O5/c1-2-4-20(32)18-42-23-13-11-22(12-14-23)36-35-21-9-7-19(8-10-21)29(39)33-26-6-3-5-24-25(26)17-37(31(24)41)27-15-16-28(38)34-30(27)40/h3,5-14,20,27H,2,4,15-18H2,1H3,(H,33,39)(H,34,38,40)/b36-35+. The second kappa shape index (κ2) is 12.9. The normalized spacial score (nSPS) is 17.2. The molecule has 1 saturated heterocycles. The quantitative estimate of drug-likeness (QED) is 0.173. The zero-order chi connectivity index (χ0) is 29.6. The molecular weight excluding hydrogens is 558 g/mol. The molecule has 2 unspecified atom stereocenters. The number of rotatable bonds is 10. The SMILES string of the molecule is CCCC(Cl)COc1ccc(/N=N/c2ccc(C(=O)Nc3cccc4c3CN(C3CCC(=O)NC3=O)C4=O)cc2)cc1. The minimum absolute atomic E-state index is 0.0209. The number of imide groups is 1. The minimum Gasteiger partial charge on any atom is -0.492 e. The summed E-state index contributed by atoms with van der Waals surface area (Å²) in [6, 6.07) is 18.2. The number of ether oxygens (including phenoxy) is 1. The van der Waals surface area contributed by atoms with Crippen LogP contribution in [-0.2, 0) is 16.1 Å². The lowest BCUT2D eigenvalue weighted by molar-refractivity contribution is -0.136. The molecule has 2 heterocycles. The van der Waals surface area contributed by atoms with Crippen LogP contribution < -0.4 is 15.4 Å². The van der Waals surface area contributed by atoms with Crippen molar-refractivity contribution in [1.82, 2.24) is 10.2 Å². The first-order valence-electron chi connectivity index (χ1n) is 13.8. The van der Waals surface area contributed by atoms with Crippen LogP contribution in [0.3, 0.4) is 0 Å². The molecule has 2 atom stereocenters. The number of nitrogens with zero attached hydrogens (tertiary/aromatic N) is 3. The van der Waals surface area contributed by atoms with E-state index >= 15 is 0 Å². The first-order chi connectivity index (χ1) is 20.3. The highest BCUT2D eigenvalue weighted by atomic mass is 35.5. The van der Waals surface area contributed by atoms with Crippen molar-refractivity contribution < 1.29 is 23.9 Å². The van der Waals surface area contributed by atoms with E-state index in [1.807, 2.05) is 12.1 Å². The van der Waals surface area contributed by atoms with Gasteiger partial charge in [-0.3, -0.25) is 24.5 Å². The Morgan fingerprint density at radius 2 is 1.74 bits per heavy atom. The molecule has 216 valence electrons. The molecule has 0 aromatic heterocycles. The van der Waals surface area contributed by atoms with Crippen molar-refractivity contribution in [2.45, 2.75) is 50.6 Å². The lowest BCUT2D eigenvalue weighted by atomic mass is 10.0. The predicted molar refractivity (Wildman–Crippen MR) is 158 cm³/mol. The van der Waals surface area contributed by atoms with Crippen LogP contribution >= 0.6 is 11.6 Å². The third-order valence-corrected chi connectivity index (χ3v) is 7.45. The number of alkyl halides is 1. The van der Waals surface area contributed by atoms with Gasteiger partial charge < -0.3 is 15.0 Å². The van der Waals surface area contributed by atoms with E-state index in [0.717, 1.165) is 12.8 Å². The van der Waals surface area contributed by atoms with E-state index < -0.39 is 11.9 Å². The smallest absolute Gasteiger partial charge is 0.255 e. The fourth-order valence-electron chi connectivity index (χ4n) is 4.88. The van der Waals surface area contributed by atoms with E-state index in [9.17, 15) is 19.2 Å². The molecule has 2 aliphatic rings. The molecule has 10 nitrogen and oxygen atoms in total. The van der Waals surface area contributed by atoms with Crippen molar-refractivity contribution in [1.29, 1.82) is 0 Å². The summed E-state index contributed by atoms with van der Waals surface area (Å²) in [6.07, 6.45) is 2.34. The summed E-state index contributed by atoms with van der Waals surface area (Å²) in [7, 11) is 0. The second-order valence-electron chi connectivity index (χ2n) is 10.1. The number of benzene rings is 3. The number of piperidine rings is 1. The van der Waals surface area contributed by atoms with Crippen LogP contribution in [0.25, 0.3) is 0 Å². The summed E-state index contributed by atoms with van der Waals surface area (Å²) < 4.78 is 5.70. The summed E-state index contributed by atoms with van der Waals surface area (Å²) in [5, 5.41) is 13.6. The Bertz CT molecular complexity index is 1520. The van der Waals surface area contributed by atoms with Crippen molar-refractivity contribution in [3.05, 3.63) is 83.4 Å². The average Bonchev–Trinajstić information content (AvgIpc) is 3.32. The Hall–Kier alpha value is -4.57. The highest BCUT2D eigenvalue weighted by molar-refractivity contribution is 6.20. The zero-order valence-corrected chi connectivity index (χ0v) is 23.8. The Kier molecular flexibility index (Phi) is 8.92. The van der Waals surface area contributed by atoms with Gasteiger partial charge in [0.25, 0.3) is 11.8 Å². The largest absolute Gasteiger partial charge is 0.492 e. The predicted octanol–water partition coefficient (Wildman–Crippen LogP) is 5.90. The summed E-state index contributed by atoms with van der Waals surface area (Å²) in [4.78, 5) is 51.4. The first-order valence-corrected chi connectivity index (χ1v) is 14.2. The van der Waals surface area contributed by atoms with Crippen LogP contribution in [0.15, 0.2) is 77.0 Å². The lowest BCUT2D eigenvalue weighted by Gasteiger charge is -2.29. The molecule has 1 fully saturated rings. The summed E-state index contributed by atoms with van der Waals surface area (Å²) >= 11 is 6.20. The van der Waals surface area contributed by atoms with E-state index in [-0.39, 0.29) is 42.5 Å². The molecule has 5 rings (SSSR count). The molecule has 42 heavy (non-hydrogen) atoms. The van der Waals surface area contributed by atoms with Gasteiger partial charge in [-0.05, 0) is 73.5 Å². The average molecular weight is 588 g/mol. The van der Waals surface area contributed by atoms with Gasteiger partial charge in [-0.15, -0.1) is 11.6 Å². The number of anilines is 1. The molecular formula is C31H30ClN5O5. The molecule has 11 heteroatoms. The second-order valence-corrected chi connectivity index (χ2v) is 10.7. The summed E-state index contributed by atoms with van der Waals surface area (Å²) in [6.45, 7) is 2.69. The minimum atomic E-state index is -0.728. The van der Waals surface area contributed by atoms with Crippen molar-refractivity contribution in [3.8, 4) is 5.75 Å². The first kappa shape index (κ1) is 28.9. The molecule has 3 aromatic carbocycles. The van der Waals surface area contributed by atoms with Crippen LogP contribution in [0.4, 0.5) is 17.1 Å². The van der Waals surface area contributed by atoms with Crippen molar-refractivity contribution in [2.24, 2.45) is 10.2 Å². The van der Waals surface area contributed by atoms with Crippen LogP contribution in [0, 0.1) is 0 Å². The number of nitrogens with one attached hydrogen (secondary N) is 2. The van der Waals surface area contributed by atoms with Gasteiger partial charge in [0.1, 0.15) is 18.4 Å². The van der Waals surface area contributed by atoms with E-state index in [2.05, 4.69) is 27.8 Å². The molecule has 0 radical (unpaired) electrons. The Morgan fingerprint density at radius 1 is 1.05 bits per heavy atom. The van der Waals surface area contributed by atoms with E-state index in [1.165, 1.54) is 4.90 Å². The molecule has 0 saturated carbocycles. The fraction of sp³-hybridized carbons (Fsp3) is 0.290.